The highest BCUT2D eigenvalue weighted by Crippen LogP contribution is 2.27. The molecule has 1 aromatic carbocycles. The quantitative estimate of drug-likeness (QED) is 0.846. The second kappa shape index (κ2) is 5.46. The smallest absolute Gasteiger partial charge is 0.387 e. The fourth-order valence-corrected chi connectivity index (χ4v) is 1.43. The van der Waals surface area contributed by atoms with E-state index in [-0.39, 0.29) is 22.6 Å². The Morgan fingerprint density at radius 2 is 2.24 bits per heavy atom. The summed E-state index contributed by atoms with van der Waals surface area (Å²) in [5.41, 5.74) is -0.328. The van der Waals surface area contributed by atoms with Crippen LogP contribution in [0.1, 0.15) is 21.5 Å². The van der Waals surface area contributed by atoms with E-state index in [1.165, 1.54) is 0 Å². The molecular formula is C10H6ClF2NO3. The molecule has 0 aliphatic rings. The molecular weight excluding hydrogens is 256 g/mol. The molecule has 0 unspecified atom stereocenters. The van der Waals surface area contributed by atoms with Crippen LogP contribution < -0.4 is 4.74 Å². The highest BCUT2D eigenvalue weighted by molar-refractivity contribution is 6.17. The molecule has 0 saturated carbocycles. The molecule has 0 fully saturated rings. The second-order valence-electron chi connectivity index (χ2n) is 2.94. The molecule has 0 aliphatic heterocycles. The van der Waals surface area contributed by atoms with Crippen LogP contribution in [0.2, 0.25) is 0 Å². The van der Waals surface area contributed by atoms with Crippen molar-refractivity contribution in [3.8, 4) is 11.8 Å². The van der Waals surface area contributed by atoms with Gasteiger partial charge in [0.05, 0.1) is 11.1 Å². The molecule has 0 spiro atoms. The standard InChI is InChI=1S/C10H6ClF2NO3/c11-3-6-1-5(9(15)16)2-8(7(6)4-14)17-10(12)13/h1-2,10H,3H2,(H,15,16). The van der Waals surface area contributed by atoms with Crippen molar-refractivity contribution in [1.29, 1.82) is 5.26 Å². The van der Waals surface area contributed by atoms with E-state index in [0.717, 1.165) is 12.1 Å². The van der Waals surface area contributed by atoms with E-state index < -0.39 is 18.3 Å². The van der Waals surface area contributed by atoms with Crippen LogP contribution in [0, 0.1) is 11.3 Å². The number of nitriles is 1. The van der Waals surface area contributed by atoms with Gasteiger partial charge >= 0.3 is 12.6 Å². The molecule has 17 heavy (non-hydrogen) atoms. The zero-order valence-corrected chi connectivity index (χ0v) is 9.04. The summed E-state index contributed by atoms with van der Waals surface area (Å²) < 4.78 is 28.3. The van der Waals surface area contributed by atoms with Crippen LogP contribution in [0.15, 0.2) is 12.1 Å². The van der Waals surface area contributed by atoms with Crippen molar-refractivity contribution in [3.63, 3.8) is 0 Å². The molecule has 1 N–H and O–H groups in total. The molecule has 1 aromatic rings. The number of carbonyl (C=O) groups is 1. The van der Waals surface area contributed by atoms with E-state index in [0.29, 0.717) is 0 Å². The summed E-state index contributed by atoms with van der Waals surface area (Å²) >= 11 is 5.51. The fraction of sp³-hybridized carbons (Fsp3) is 0.200. The molecule has 1 rings (SSSR count). The van der Waals surface area contributed by atoms with Gasteiger partial charge in [0.25, 0.3) is 0 Å². The average molecular weight is 262 g/mol. The molecule has 0 aliphatic carbocycles. The van der Waals surface area contributed by atoms with E-state index in [4.69, 9.17) is 22.0 Å². The van der Waals surface area contributed by atoms with Gasteiger partial charge in [-0.1, -0.05) is 0 Å². The molecule has 0 bridgehead atoms. The van der Waals surface area contributed by atoms with Gasteiger partial charge in [0, 0.05) is 5.88 Å². The maximum Gasteiger partial charge on any atom is 0.387 e. The molecule has 0 amide bonds. The minimum absolute atomic E-state index is 0.129. The monoisotopic (exact) mass is 261 g/mol. The van der Waals surface area contributed by atoms with E-state index in [9.17, 15) is 13.6 Å². The lowest BCUT2D eigenvalue weighted by Crippen LogP contribution is -2.07. The number of halogens is 3. The third kappa shape index (κ3) is 3.04. The first-order valence-electron chi connectivity index (χ1n) is 4.30. The Morgan fingerprint density at radius 3 is 2.65 bits per heavy atom. The Balaban J connectivity index is 3.38. The summed E-state index contributed by atoms with van der Waals surface area (Å²) in [5, 5.41) is 17.5. The van der Waals surface area contributed by atoms with Crippen LogP contribution in [-0.4, -0.2) is 17.7 Å². The maximum absolute atomic E-state index is 12.1. The van der Waals surface area contributed by atoms with Gasteiger partial charge in [-0.25, -0.2) is 4.79 Å². The molecule has 90 valence electrons. The summed E-state index contributed by atoms with van der Waals surface area (Å²) in [6.45, 7) is -3.14. The zero-order valence-electron chi connectivity index (χ0n) is 8.28. The van der Waals surface area contributed by atoms with Gasteiger partial charge in [0.15, 0.2) is 0 Å². The van der Waals surface area contributed by atoms with Crippen molar-refractivity contribution in [2.45, 2.75) is 12.5 Å². The molecule has 0 aromatic heterocycles. The average Bonchev–Trinajstić information content (AvgIpc) is 2.26. The van der Waals surface area contributed by atoms with Crippen molar-refractivity contribution < 1.29 is 23.4 Å². The first-order chi connectivity index (χ1) is 7.99. The number of hydrogen-bond acceptors (Lipinski definition) is 3. The number of carboxylic acids is 1. The zero-order chi connectivity index (χ0) is 13.0. The van der Waals surface area contributed by atoms with Crippen molar-refractivity contribution in [2.75, 3.05) is 0 Å². The summed E-state index contributed by atoms with van der Waals surface area (Å²) in [5.74, 6) is -1.98. The van der Waals surface area contributed by atoms with Crippen molar-refractivity contribution in [3.05, 3.63) is 28.8 Å². The lowest BCUT2D eigenvalue weighted by molar-refractivity contribution is -0.0501. The number of nitrogens with zero attached hydrogens (tertiary/aromatic N) is 1. The third-order valence-corrected chi connectivity index (χ3v) is 2.19. The van der Waals surface area contributed by atoms with Crippen LogP contribution in [-0.2, 0) is 5.88 Å². The molecule has 7 heteroatoms. The molecule has 0 atom stereocenters. The number of benzene rings is 1. The minimum atomic E-state index is -3.14. The SMILES string of the molecule is N#Cc1c(CCl)cc(C(=O)O)cc1OC(F)F. The Morgan fingerprint density at radius 1 is 1.59 bits per heavy atom. The second-order valence-corrected chi connectivity index (χ2v) is 3.20. The van der Waals surface area contributed by atoms with Crippen molar-refractivity contribution in [2.24, 2.45) is 0 Å². The van der Waals surface area contributed by atoms with Gasteiger partial charge in [-0.05, 0) is 17.7 Å². The number of ether oxygens (including phenoxy) is 1. The molecule has 4 nitrogen and oxygen atoms in total. The van der Waals surface area contributed by atoms with Gasteiger partial charge < -0.3 is 9.84 Å². The van der Waals surface area contributed by atoms with Crippen LogP contribution >= 0.6 is 11.6 Å². The summed E-state index contributed by atoms with van der Waals surface area (Å²) in [7, 11) is 0. The largest absolute Gasteiger partial charge is 0.478 e. The highest BCUT2D eigenvalue weighted by Gasteiger charge is 2.17. The number of rotatable bonds is 4. The lowest BCUT2D eigenvalue weighted by Gasteiger charge is -2.10. The predicted octanol–water partition coefficient (Wildman–Crippen LogP) is 2.60. The van der Waals surface area contributed by atoms with Gasteiger partial charge in [-0.3, -0.25) is 0 Å². The van der Waals surface area contributed by atoms with Gasteiger partial charge in [0.2, 0.25) is 0 Å². The summed E-state index contributed by atoms with van der Waals surface area (Å²) in [4.78, 5) is 10.7. The maximum atomic E-state index is 12.1. The Bertz CT molecular complexity index is 485. The number of alkyl halides is 3. The molecule has 0 radical (unpaired) electrons. The summed E-state index contributed by atoms with van der Waals surface area (Å²) in [6, 6.07) is 3.66. The van der Waals surface area contributed by atoms with Crippen LogP contribution in [0.4, 0.5) is 8.78 Å². The van der Waals surface area contributed by atoms with Crippen LogP contribution in [0.5, 0.6) is 5.75 Å². The van der Waals surface area contributed by atoms with Crippen LogP contribution in [0.25, 0.3) is 0 Å². The third-order valence-electron chi connectivity index (χ3n) is 1.90. The molecule has 0 saturated heterocycles. The lowest BCUT2D eigenvalue weighted by atomic mass is 10.0. The van der Waals surface area contributed by atoms with Gasteiger partial charge in [-0.2, -0.15) is 14.0 Å². The number of hydrogen-bond donors (Lipinski definition) is 1. The van der Waals surface area contributed by atoms with E-state index in [1.54, 1.807) is 6.07 Å². The topological polar surface area (TPSA) is 70.3 Å². The molecule has 0 heterocycles. The van der Waals surface area contributed by atoms with E-state index in [1.807, 2.05) is 0 Å². The Labute approximate surface area is 100.0 Å². The highest BCUT2D eigenvalue weighted by atomic mass is 35.5. The van der Waals surface area contributed by atoms with Crippen molar-refractivity contribution in [1.82, 2.24) is 0 Å². The first-order valence-corrected chi connectivity index (χ1v) is 4.84. The number of carboxylic acid groups (broad SMARTS) is 1. The van der Waals surface area contributed by atoms with E-state index >= 15 is 0 Å². The normalized spacial score (nSPS) is 10.1. The summed E-state index contributed by atoms with van der Waals surface area (Å²) in [6.07, 6.45) is 0. The van der Waals surface area contributed by atoms with Crippen LogP contribution in [0.3, 0.4) is 0 Å². The van der Waals surface area contributed by atoms with Gasteiger partial charge in [-0.15, -0.1) is 11.6 Å². The first kappa shape index (κ1) is 13.2. The fourth-order valence-electron chi connectivity index (χ4n) is 1.22. The Kier molecular flexibility index (Phi) is 4.24. The predicted molar refractivity (Wildman–Crippen MR) is 54.3 cm³/mol. The van der Waals surface area contributed by atoms with E-state index in [2.05, 4.69) is 4.74 Å². The Hall–Kier alpha value is -1.87. The van der Waals surface area contributed by atoms with Crippen molar-refractivity contribution >= 4 is 17.6 Å². The number of aromatic carboxylic acids is 1. The minimum Gasteiger partial charge on any atom is -0.478 e. The van der Waals surface area contributed by atoms with Gasteiger partial charge in [0.1, 0.15) is 11.8 Å².